The quantitative estimate of drug-likeness (QED) is 0.366. The molecule has 3 aromatic rings. The fourth-order valence-corrected chi connectivity index (χ4v) is 2.75. The molecule has 0 atom stereocenters. The minimum Gasteiger partial charge on any atom is -0.488 e. The average Bonchev–Trinajstić information content (AvgIpc) is 2.78. The molecule has 0 heterocycles. The molecule has 0 spiro atoms. The molecule has 0 unspecified atom stereocenters. The number of hydrogen-bond donors (Lipinski definition) is 1. The monoisotopic (exact) mass is 402 g/mol. The van der Waals surface area contributed by atoms with Gasteiger partial charge in [-0.1, -0.05) is 42.0 Å². The number of carbonyl (C=O) groups excluding carboxylic acids is 2. The molecule has 0 bridgehead atoms. The smallest absolute Gasteiger partial charge is 0.337 e. The van der Waals surface area contributed by atoms with Gasteiger partial charge in [0.1, 0.15) is 12.4 Å². The molecule has 30 heavy (non-hydrogen) atoms. The van der Waals surface area contributed by atoms with Crippen molar-refractivity contribution in [2.75, 3.05) is 7.11 Å². The predicted molar refractivity (Wildman–Crippen MR) is 115 cm³/mol. The fourth-order valence-electron chi connectivity index (χ4n) is 2.75. The molecule has 3 rings (SSSR count). The van der Waals surface area contributed by atoms with Gasteiger partial charge in [-0.15, -0.1) is 0 Å². The first-order valence-electron chi connectivity index (χ1n) is 9.36. The van der Waals surface area contributed by atoms with Crippen LogP contribution in [0.3, 0.4) is 0 Å². The van der Waals surface area contributed by atoms with Crippen molar-refractivity contribution in [1.29, 1.82) is 0 Å². The van der Waals surface area contributed by atoms with Gasteiger partial charge in [0.05, 0.1) is 18.9 Å². The number of nitrogens with zero attached hydrogens (tertiary/aromatic N) is 1. The van der Waals surface area contributed by atoms with E-state index < -0.39 is 0 Å². The normalized spacial score (nSPS) is 10.6. The van der Waals surface area contributed by atoms with Crippen molar-refractivity contribution in [1.82, 2.24) is 5.43 Å². The molecule has 0 aromatic heterocycles. The van der Waals surface area contributed by atoms with E-state index in [0.29, 0.717) is 23.5 Å². The maximum absolute atomic E-state index is 12.2. The Morgan fingerprint density at radius 2 is 1.73 bits per heavy atom. The standard InChI is InChI=1S/C24H22N2O4/c1-17-6-5-8-20(14-17)23(27)26-25-15-21-7-3-4-9-22(21)30-16-18-10-12-19(13-11-18)24(28)29-2/h3-15H,16H2,1-2H3,(H,26,27)/b25-15+. The molecule has 1 N–H and O–H groups in total. The molecule has 1 amide bonds. The number of amides is 1. The first kappa shape index (κ1) is 20.8. The first-order valence-corrected chi connectivity index (χ1v) is 9.36. The molecule has 0 aliphatic rings. The predicted octanol–water partition coefficient (Wildman–Crippen LogP) is 4.12. The van der Waals surface area contributed by atoms with E-state index in [0.717, 1.165) is 16.7 Å². The van der Waals surface area contributed by atoms with Crippen molar-refractivity contribution < 1.29 is 19.1 Å². The van der Waals surface area contributed by atoms with Crippen LogP contribution in [0.5, 0.6) is 5.75 Å². The molecule has 6 heteroatoms. The summed E-state index contributed by atoms with van der Waals surface area (Å²) in [4.78, 5) is 23.7. The van der Waals surface area contributed by atoms with E-state index in [1.54, 1.807) is 30.5 Å². The molecule has 6 nitrogen and oxygen atoms in total. The van der Waals surface area contributed by atoms with Crippen LogP contribution in [0.4, 0.5) is 0 Å². The van der Waals surface area contributed by atoms with Gasteiger partial charge < -0.3 is 9.47 Å². The van der Waals surface area contributed by atoms with E-state index in [1.807, 2.05) is 55.5 Å². The molecule has 0 saturated heterocycles. The third-order valence-corrected chi connectivity index (χ3v) is 4.34. The van der Waals surface area contributed by atoms with Gasteiger partial charge in [0, 0.05) is 11.1 Å². The Labute approximate surface area is 175 Å². The summed E-state index contributed by atoms with van der Waals surface area (Å²) < 4.78 is 10.6. The number of hydrogen-bond acceptors (Lipinski definition) is 5. The highest BCUT2D eigenvalue weighted by Crippen LogP contribution is 2.18. The number of methoxy groups -OCH3 is 1. The van der Waals surface area contributed by atoms with Crippen molar-refractivity contribution in [3.63, 3.8) is 0 Å². The van der Waals surface area contributed by atoms with Crippen LogP contribution in [0.2, 0.25) is 0 Å². The minimum absolute atomic E-state index is 0.279. The molecular weight excluding hydrogens is 380 g/mol. The van der Waals surface area contributed by atoms with E-state index in [2.05, 4.69) is 10.5 Å². The fraction of sp³-hybridized carbons (Fsp3) is 0.125. The summed E-state index contributed by atoms with van der Waals surface area (Å²) in [7, 11) is 1.35. The van der Waals surface area contributed by atoms with Crippen LogP contribution in [0.25, 0.3) is 0 Å². The zero-order valence-corrected chi connectivity index (χ0v) is 16.8. The van der Waals surface area contributed by atoms with Crippen LogP contribution in [0.1, 0.15) is 37.4 Å². The maximum Gasteiger partial charge on any atom is 0.337 e. The SMILES string of the molecule is COC(=O)c1ccc(COc2ccccc2/C=N/NC(=O)c2cccc(C)c2)cc1. The zero-order chi connectivity index (χ0) is 21.3. The van der Waals surface area contributed by atoms with Crippen molar-refractivity contribution in [2.45, 2.75) is 13.5 Å². The number of benzene rings is 3. The minimum atomic E-state index is -0.378. The largest absolute Gasteiger partial charge is 0.488 e. The number of para-hydroxylation sites is 1. The zero-order valence-electron chi connectivity index (χ0n) is 16.8. The Kier molecular flexibility index (Phi) is 6.95. The van der Waals surface area contributed by atoms with Gasteiger partial charge in [-0.25, -0.2) is 10.2 Å². The summed E-state index contributed by atoms with van der Waals surface area (Å²) in [5.74, 6) is -0.0288. The summed E-state index contributed by atoms with van der Waals surface area (Å²) in [5, 5.41) is 4.05. The van der Waals surface area contributed by atoms with Gasteiger partial charge in [0.25, 0.3) is 5.91 Å². The highest BCUT2D eigenvalue weighted by molar-refractivity contribution is 5.95. The lowest BCUT2D eigenvalue weighted by Gasteiger charge is -2.09. The van der Waals surface area contributed by atoms with Gasteiger partial charge in [-0.05, 0) is 48.9 Å². The lowest BCUT2D eigenvalue weighted by atomic mass is 10.1. The Morgan fingerprint density at radius 1 is 0.967 bits per heavy atom. The van der Waals surface area contributed by atoms with Crippen LogP contribution < -0.4 is 10.2 Å². The number of ether oxygens (including phenoxy) is 2. The van der Waals surface area contributed by atoms with Gasteiger partial charge in [0.15, 0.2) is 0 Å². The highest BCUT2D eigenvalue weighted by atomic mass is 16.5. The van der Waals surface area contributed by atoms with Crippen molar-refractivity contribution in [3.8, 4) is 5.75 Å². The second-order valence-corrected chi connectivity index (χ2v) is 6.58. The second kappa shape index (κ2) is 10.0. The van der Waals surface area contributed by atoms with Crippen LogP contribution >= 0.6 is 0 Å². The number of rotatable bonds is 7. The topological polar surface area (TPSA) is 77.0 Å². The van der Waals surface area contributed by atoms with Crippen molar-refractivity contribution >= 4 is 18.1 Å². The van der Waals surface area contributed by atoms with Crippen molar-refractivity contribution in [2.24, 2.45) is 5.10 Å². The summed E-state index contributed by atoms with van der Waals surface area (Å²) in [6.45, 7) is 2.25. The van der Waals surface area contributed by atoms with Gasteiger partial charge in [0.2, 0.25) is 0 Å². The van der Waals surface area contributed by atoms with Crippen molar-refractivity contribution in [3.05, 3.63) is 101 Å². The number of hydrazone groups is 1. The number of aryl methyl sites for hydroxylation is 1. The molecule has 3 aromatic carbocycles. The summed E-state index contributed by atoms with van der Waals surface area (Å²) in [6.07, 6.45) is 1.55. The van der Waals surface area contributed by atoms with Gasteiger partial charge in [-0.2, -0.15) is 5.10 Å². The molecule has 0 aliphatic heterocycles. The van der Waals surface area contributed by atoms with Crippen LogP contribution in [0, 0.1) is 6.92 Å². The van der Waals surface area contributed by atoms with E-state index in [-0.39, 0.29) is 11.9 Å². The molecule has 152 valence electrons. The third-order valence-electron chi connectivity index (χ3n) is 4.34. The van der Waals surface area contributed by atoms with Crippen LogP contribution in [-0.4, -0.2) is 25.2 Å². The van der Waals surface area contributed by atoms with E-state index in [1.165, 1.54) is 7.11 Å². The number of carbonyl (C=O) groups is 2. The lowest BCUT2D eigenvalue weighted by molar-refractivity contribution is 0.0600. The summed E-state index contributed by atoms with van der Waals surface area (Å²) in [5.41, 5.74) is 6.20. The average molecular weight is 402 g/mol. The Morgan fingerprint density at radius 3 is 2.47 bits per heavy atom. The van der Waals surface area contributed by atoms with E-state index in [9.17, 15) is 9.59 Å². The second-order valence-electron chi connectivity index (χ2n) is 6.58. The third kappa shape index (κ3) is 5.54. The van der Waals surface area contributed by atoms with Crippen LogP contribution in [0.15, 0.2) is 77.9 Å². The molecule has 0 aliphatic carbocycles. The molecule has 0 radical (unpaired) electrons. The lowest BCUT2D eigenvalue weighted by Crippen LogP contribution is -2.17. The van der Waals surface area contributed by atoms with Gasteiger partial charge in [-0.3, -0.25) is 4.79 Å². The van der Waals surface area contributed by atoms with E-state index >= 15 is 0 Å². The number of nitrogens with one attached hydrogen (secondary N) is 1. The molecular formula is C24H22N2O4. The molecule has 0 fully saturated rings. The van der Waals surface area contributed by atoms with Gasteiger partial charge >= 0.3 is 5.97 Å². The Hall–Kier alpha value is -3.93. The summed E-state index contributed by atoms with van der Waals surface area (Å²) in [6, 6.07) is 21.7. The maximum atomic E-state index is 12.2. The van der Waals surface area contributed by atoms with Crippen LogP contribution in [-0.2, 0) is 11.3 Å². The summed E-state index contributed by atoms with van der Waals surface area (Å²) >= 11 is 0. The number of esters is 1. The Balaban J connectivity index is 1.62. The van der Waals surface area contributed by atoms with E-state index in [4.69, 9.17) is 9.47 Å². The molecule has 0 saturated carbocycles. The highest BCUT2D eigenvalue weighted by Gasteiger charge is 2.07. The Bertz CT molecular complexity index is 1060. The first-order chi connectivity index (χ1) is 14.6.